The van der Waals surface area contributed by atoms with Crippen molar-refractivity contribution in [2.45, 2.75) is 140 Å². The minimum Gasteiger partial charge on any atom is -0.382 e. The third-order valence-corrected chi connectivity index (χ3v) is 13.3. The molecule has 358 valence electrons. The normalized spacial score (nSPS) is 24.9. The minimum atomic E-state index is -4.79. The number of methoxy groups -OCH3 is 1. The van der Waals surface area contributed by atoms with Gasteiger partial charge in [0.25, 0.3) is 0 Å². The molecule has 1 aromatic rings. The molecule has 0 bridgehead atoms. The number of ether oxygens (including phenoxy) is 1. The highest BCUT2D eigenvalue weighted by Crippen LogP contribution is 2.51. The summed E-state index contributed by atoms with van der Waals surface area (Å²) in [6.07, 6.45) is -3.21. The van der Waals surface area contributed by atoms with Crippen molar-refractivity contribution < 1.29 is 51.5 Å². The number of hydrogen-bond acceptors (Lipinski definition) is 8. The summed E-state index contributed by atoms with van der Waals surface area (Å²) < 4.78 is 48.8. The molecule has 7 amide bonds. The van der Waals surface area contributed by atoms with Gasteiger partial charge in [-0.3, -0.25) is 33.6 Å². The average molecular weight is 947 g/mol. The molecule has 20 heteroatoms. The predicted octanol–water partition coefficient (Wildman–Crippen LogP) is 4.50. The summed E-state index contributed by atoms with van der Waals surface area (Å²) >= 11 is 12.8. The van der Waals surface area contributed by atoms with Crippen molar-refractivity contribution in [2.75, 3.05) is 47.9 Å². The van der Waals surface area contributed by atoms with Crippen LogP contribution in [0.5, 0.6) is 0 Å². The standard InChI is InChI=1S/C44H64Cl2F3N7O8/c1-26(2)22-31-41(62)55(6)35(24-28-23-29(45)16-17-30(28)46)38(59)52-32(25-64-7)40(61)53(4)20-12-9-14-33(36(57)51-31)54(5)39(60)27(3)50-37(58)34-15-13-21-56(34)42(63)43(44(47,48)49)18-10-8-11-19-43/h16-17,23,26-27,31-35H,8-15,18-22,24-25H2,1-7H3,(H,50,58)(H,51,57)(H,52,59)/t27-,31-,32+,33-,34-,35-/m0/s1. The van der Waals surface area contributed by atoms with Gasteiger partial charge >= 0.3 is 6.18 Å². The molecular formula is C44H64Cl2F3N7O8. The number of rotatable bonds is 11. The number of nitrogens with one attached hydrogen (secondary N) is 3. The molecule has 0 unspecified atom stereocenters. The van der Waals surface area contributed by atoms with Gasteiger partial charge in [0, 0.05) is 57.8 Å². The Bertz CT molecular complexity index is 1870. The van der Waals surface area contributed by atoms with Crippen molar-refractivity contribution in [3.05, 3.63) is 33.8 Å². The summed E-state index contributed by atoms with van der Waals surface area (Å²) in [5.41, 5.74) is -2.12. The lowest BCUT2D eigenvalue weighted by atomic mass is 9.72. The molecule has 2 saturated heterocycles. The number of nitrogens with zero attached hydrogens (tertiary/aromatic N) is 4. The highest BCUT2D eigenvalue weighted by Gasteiger charge is 2.62. The molecular weight excluding hydrogens is 882 g/mol. The van der Waals surface area contributed by atoms with Gasteiger partial charge in [-0.15, -0.1) is 0 Å². The van der Waals surface area contributed by atoms with E-state index in [9.17, 15) is 46.7 Å². The molecule has 6 atom stereocenters. The SMILES string of the molecule is COC[C@H]1NC(=O)[C@H](Cc2cc(Cl)ccc2Cl)N(C)C(=O)[C@H](CC(C)C)NC(=O)[C@@H](N(C)C(=O)[C@H](C)NC(=O)[C@@H]2CCCN2C(=O)C2(C(F)(F)F)CCCCC2)CCCCN(C)C1=O. The van der Waals surface area contributed by atoms with Crippen LogP contribution >= 0.6 is 23.2 Å². The van der Waals surface area contributed by atoms with E-state index < -0.39 is 89.2 Å². The Labute approximate surface area is 383 Å². The van der Waals surface area contributed by atoms with Crippen molar-refractivity contribution in [1.82, 2.24) is 35.6 Å². The van der Waals surface area contributed by atoms with E-state index in [2.05, 4.69) is 16.0 Å². The number of amides is 7. The molecule has 3 fully saturated rings. The van der Waals surface area contributed by atoms with E-state index in [-0.39, 0.29) is 82.0 Å². The summed E-state index contributed by atoms with van der Waals surface area (Å²) in [7, 11) is 5.72. The van der Waals surface area contributed by atoms with Crippen LogP contribution in [0, 0.1) is 11.3 Å². The monoisotopic (exact) mass is 945 g/mol. The minimum absolute atomic E-state index is 0.0295. The van der Waals surface area contributed by atoms with Crippen molar-refractivity contribution in [1.29, 1.82) is 0 Å². The Kier molecular flexibility index (Phi) is 18.7. The van der Waals surface area contributed by atoms with E-state index >= 15 is 0 Å². The second-order valence-corrected chi connectivity index (χ2v) is 18.7. The summed E-state index contributed by atoms with van der Waals surface area (Å²) in [5.74, 6) is -5.20. The number of benzene rings is 1. The predicted molar refractivity (Wildman–Crippen MR) is 234 cm³/mol. The average Bonchev–Trinajstić information content (AvgIpc) is 3.74. The van der Waals surface area contributed by atoms with Gasteiger partial charge in [0.2, 0.25) is 41.4 Å². The van der Waals surface area contributed by atoms with Crippen LogP contribution < -0.4 is 16.0 Å². The lowest BCUT2D eigenvalue weighted by Gasteiger charge is -2.41. The second-order valence-electron chi connectivity index (χ2n) is 17.9. The molecule has 0 radical (unpaired) electrons. The van der Waals surface area contributed by atoms with Gasteiger partial charge in [-0.2, -0.15) is 13.2 Å². The zero-order valence-corrected chi connectivity index (χ0v) is 39.3. The molecule has 1 aromatic carbocycles. The molecule has 0 spiro atoms. The topological polar surface area (TPSA) is 178 Å². The Morgan fingerprint density at radius 2 is 1.56 bits per heavy atom. The first-order chi connectivity index (χ1) is 30.0. The van der Waals surface area contributed by atoms with Crippen LogP contribution in [0.25, 0.3) is 0 Å². The molecule has 64 heavy (non-hydrogen) atoms. The van der Waals surface area contributed by atoms with Crippen LogP contribution in [0.15, 0.2) is 18.2 Å². The van der Waals surface area contributed by atoms with E-state index in [1.807, 2.05) is 13.8 Å². The van der Waals surface area contributed by atoms with Crippen LogP contribution in [-0.4, -0.2) is 151 Å². The lowest BCUT2D eigenvalue weighted by molar-refractivity contribution is -0.236. The summed E-state index contributed by atoms with van der Waals surface area (Å²) in [6.45, 7) is 5.09. The highest BCUT2D eigenvalue weighted by atomic mass is 35.5. The van der Waals surface area contributed by atoms with Crippen LogP contribution in [0.2, 0.25) is 10.0 Å². The smallest absolute Gasteiger partial charge is 0.382 e. The maximum atomic E-state index is 14.5. The maximum absolute atomic E-state index is 14.5. The van der Waals surface area contributed by atoms with Crippen LogP contribution in [0.1, 0.15) is 97.0 Å². The Balaban J connectivity index is 1.62. The van der Waals surface area contributed by atoms with E-state index in [4.69, 9.17) is 27.9 Å². The number of likely N-dealkylation sites (N-methyl/N-ethyl adjacent to an activating group) is 3. The first kappa shape index (κ1) is 52.5. The van der Waals surface area contributed by atoms with Gasteiger partial charge < -0.3 is 40.3 Å². The van der Waals surface area contributed by atoms with Gasteiger partial charge in [-0.1, -0.05) is 56.3 Å². The fraction of sp³-hybridized carbons (Fsp3) is 0.705. The number of carbonyl (C=O) groups is 7. The highest BCUT2D eigenvalue weighted by molar-refractivity contribution is 6.33. The van der Waals surface area contributed by atoms with E-state index in [0.717, 1.165) is 9.80 Å². The molecule has 4 rings (SSSR count). The molecule has 1 saturated carbocycles. The van der Waals surface area contributed by atoms with Gasteiger partial charge in [-0.05, 0) is 88.0 Å². The van der Waals surface area contributed by atoms with Crippen LogP contribution in [0.4, 0.5) is 13.2 Å². The number of halogens is 5. The number of carbonyl (C=O) groups excluding carboxylic acids is 7. The zero-order valence-electron chi connectivity index (χ0n) is 37.8. The molecule has 0 aromatic heterocycles. The first-order valence-electron chi connectivity index (χ1n) is 22.0. The Morgan fingerprint density at radius 1 is 0.906 bits per heavy atom. The van der Waals surface area contributed by atoms with Gasteiger partial charge in [0.05, 0.1) is 6.61 Å². The summed E-state index contributed by atoms with van der Waals surface area (Å²) in [6, 6.07) is -2.54. The molecule has 2 heterocycles. The zero-order chi connectivity index (χ0) is 47.7. The van der Waals surface area contributed by atoms with Crippen molar-refractivity contribution in [3.8, 4) is 0 Å². The van der Waals surface area contributed by atoms with E-state index in [1.54, 1.807) is 25.2 Å². The van der Waals surface area contributed by atoms with Crippen LogP contribution in [-0.2, 0) is 44.7 Å². The molecule has 2 aliphatic heterocycles. The fourth-order valence-corrected chi connectivity index (χ4v) is 9.40. The fourth-order valence-electron chi connectivity index (χ4n) is 9.01. The maximum Gasteiger partial charge on any atom is 0.403 e. The van der Waals surface area contributed by atoms with Gasteiger partial charge in [0.15, 0.2) is 0 Å². The van der Waals surface area contributed by atoms with Crippen molar-refractivity contribution >= 4 is 64.6 Å². The molecule has 3 aliphatic rings. The second kappa shape index (κ2) is 22.8. The molecule has 15 nitrogen and oxygen atoms in total. The summed E-state index contributed by atoms with van der Waals surface area (Å²) in [5, 5.41) is 8.81. The largest absolute Gasteiger partial charge is 0.403 e. The Morgan fingerprint density at radius 3 is 2.19 bits per heavy atom. The van der Waals surface area contributed by atoms with Crippen LogP contribution in [0.3, 0.4) is 0 Å². The molecule has 1 aliphatic carbocycles. The molecule has 3 N–H and O–H groups in total. The number of likely N-dealkylation sites (tertiary alicyclic amines) is 1. The Hall–Kier alpha value is -4.16. The third kappa shape index (κ3) is 12.6. The van der Waals surface area contributed by atoms with Crippen molar-refractivity contribution in [2.24, 2.45) is 11.3 Å². The van der Waals surface area contributed by atoms with E-state index in [1.165, 1.54) is 37.9 Å². The third-order valence-electron chi connectivity index (χ3n) is 12.7. The van der Waals surface area contributed by atoms with Gasteiger partial charge in [0.1, 0.15) is 41.7 Å². The van der Waals surface area contributed by atoms with Gasteiger partial charge in [-0.25, -0.2) is 0 Å². The quantitative estimate of drug-likeness (QED) is 0.291. The summed E-state index contributed by atoms with van der Waals surface area (Å²) in [4.78, 5) is 103. The van der Waals surface area contributed by atoms with E-state index in [0.29, 0.717) is 36.3 Å². The number of alkyl halides is 3. The van der Waals surface area contributed by atoms with Crippen molar-refractivity contribution in [3.63, 3.8) is 0 Å². The first-order valence-corrected chi connectivity index (χ1v) is 22.8. The number of hydrogen-bond donors (Lipinski definition) is 3. The lowest BCUT2D eigenvalue weighted by Crippen LogP contribution is -2.61.